The summed E-state index contributed by atoms with van der Waals surface area (Å²) in [4.78, 5) is 11.9. The average Bonchev–Trinajstić information content (AvgIpc) is 2.44. The first kappa shape index (κ1) is 17.0. The molecule has 7 heteroatoms. The van der Waals surface area contributed by atoms with E-state index < -0.39 is 23.7 Å². The normalized spacial score (nSPS) is 14.1. The summed E-state index contributed by atoms with van der Waals surface area (Å²) < 4.78 is 37.7. The standard InChI is InChI=1S/C14H16F3N3O/c1-3-8(2)12(19)13(21)20-11-5-4-10(14(15,16)17)6-9(11)7-18/h4-6,8,12H,3,19H2,1-2H3,(H,20,21). The molecule has 0 saturated heterocycles. The molecule has 0 heterocycles. The fourth-order valence-corrected chi connectivity index (χ4v) is 1.65. The molecular weight excluding hydrogens is 283 g/mol. The summed E-state index contributed by atoms with van der Waals surface area (Å²) >= 11 is 0. The lowest BCUT2D eigenvalue weighted by Crippen LogP contribution is -2.40. The second kappa shape index (κ2) is 6.59. The van der Waals surface area contributed by atoms with E-state index in [9.17, 15) is 18.0 Å². The second-order valence-corrected chi connectivity index (χ2v) is 4.77. The van der Waals surface area contributed by atoms with Gasteiger partial charge in [-0.2, -0.15) is 18.4 Å². The molecule has 3 N–H and O–H groups in total. The molecule has 0 spiro atoms. The number of alkyl halides is 3. The SMILES string of the molecule is CCC(C)C(N)C(=O)Nc1ccc(C(F)(F)F)cc1C#N. The molecule has 0 aliphatic heterocycles. The number of carbonyl (C=O) groups excluding carboxylic acids is 1. The molecule has 114 valence electrons. The van der Waals surface area contributed by atoms with Gasteiger partial charge in [0, 0.05) is 0 Å². The number of hydrogen-bond donors (Lipinski definition) is 2. The number of nitrogens with zero attached hydrogens (tertiary/aromatic N) is 1. The van der Waals surface area contributed by atoms with Gasteiger partial charge in [-0.15, -0.1) is 0 Å². The van der Waals surface area contributed by atoms with Gasteiger partial charge in [-0.05, 0) is 24.1 Å². The molecule has 2 unspecified atom stereocenters. The number of anilines is 1. The highest BCUT2D eigenvalue weighted by molar-refractivity contribution is 5.96. The average molecular weight is 299 g/mol. The van der Waals surface area contributed by atoms with E-state index >= 15 is 0 Å². The molecule has 0 bridgehead atoms. The van der Waals surface area contributed by atoms with Gasteiger partial charge in [0.25, 0.3) is 0 Å². The maximum atomic E-state index is 12.6. The highest BCUT2D eigenvalue weighted by Crippen LogP contribution is 2.31. The van der Waals surface area contributed by atoms with Crippen LogP contribution in [-0.4, -0.2) is 11.9 Å². The molecule has 0 aliphatic carbocycles. The van der Waals surface area contributed by atoms with E-state index in [-0.39, 0.29) is 17.2 Å². The van der Waals surface area contributed by atoms with Crippen molar-refractivity contribution in [1.82, 2.24) is 0 Å². The van der Waals surface area contributed by atoms with Crippen molar-refractivity contribution in [3.8, 4) is 6.07 Å². The van der Waals surface area contributed by atoms with Crippen LogP contribution in [0.15, 0.2) is 18.2 Å². The molecule has 1 aromatic rings. The smallest absolute Gasteiger partial charge is 0.324 e. The van der Waals surface area contributed by atoms with Crippen molar-refractivity contribution in [3.63, 3.8) is 0 Å². The lowest BCUT2D eigenvalue weighted by atomic mass is 9.99. The third kappa shape index (κ3) is 4.20. The van der Waals surface area contributed by atoms with Crippen molar-refractivity contribution in [1.29, 1.82) is 5.26 Å². The monoisotopic (exact) mass is 299 g/mol. The third-order valence-electron chi connectivity index (χ3n) is 3.28. The number of halogens is 3. The Kier molecular flexibility index (Phi) is 5.33. The first-order valence-electron chi connectivity index (χ1n) is 6.38. The summed E-state index contributed by atoms with van der Waals surface area (Å²) in [6.07, 6.45) is -3.85. The number of nitriles is 1. The van der Waals surface area contributed by atoms with Crippen LogP contribution in [0.4, 0.5) is 18.9 Å². The fourth-order valence-electron chi connectivity index (χ4n) is 1.65. The van der Waals surface area contributed by atoms with Gasteiger partial charge in [-0.25, -0.2) is 0 Å². The van der Waals surface area contributed by atoms with E-state index in [1.807, 2.05) is 6.92 Å². The van der Waals surface area contributed by atoms with E-state index in [1.54, 1.807) is 13.0 Å². The Morgan fingerprint density at radius 2 is 2.10 bits per heavy atom. The minimum Gasteiger partial charge on any atom is -0.324 e. The summed E-state index contributed by atoms with van der Waals surface area (Å²) in [6, 6.07) is 3.42. The molecular formula is C14H16F3N3O. The Bertz CT molecular complexity index is 564. The van der Waals surface area contributed by atoms with Gasteiger partial charge in [0.2, 0.25) is 5.91 Å². The van der Waals surface area contributed by atoms with Gasteiger partial charge in [-0.1, -0.05) is 20.3 Å². The van der Waals surface area contributed by atoms with Crippen molar-refractivity contribution < 1.29 is 18.0 Å². The van der Waals surface area contributed by atoms with Crippen LogP contribution in [0, 0.1) is 17.2 Å². The van der Waals surface area contributed by atoms with Crippen molar-refractivity contribution in [2.45, 2.75) is 32.5 Å². The number of rotatable bonds is 4. The van der Waals surface area contributed by atoms with Crippen LogP contribution in [0.3, 0.4) is 0 Å². The Morgan fingerprint density at radius 1 is 1.48 bits per heavy atom. The molecule has 0 saturated carbocycles. The summed E-state index contributed by atoms with van der Waals surface area (Å²) in [7, 11) is 0. The molecule has 21 heavy (non-hydrogen) atoms. The predicted octanol–water partition coefficient (Wildman–Crippen LogP) is 2.89. The topological polar surface area (TPSA) is 78.9 Å². The van der Waals surface area contributed by atoms with Gasteiger partial charge in [0.15, 0.2) is 0 Å². The van der Waals surface area contributed by atoms with Gasteiger partial charge in [0.05, 0.1) is 22.9 Å². The van der Waals surface area contributed by atoms with Crippen molar-refractivity contribution >= 4 is 11.6 Å². The van der Waals surface area contributed by atoms with Crippen molar-refractivity contribution in [3.05, 3.63) is 29.3 Å². The molecule has 0 aliphatic rings. The number of carbonyl (C=O) groups is 1. The lowest BCUT2D eigenvalue weighted by Gasteiger charge is -2.18. The first-order chi connectivity index (χ1) is 9.70. The molecule has 1 aromatic carbocycles. The molecule has 1 rings (SSSR count). The highest BCUT2D eigenvalue weighted by Gasteiger charge is 2.31. The zero-order chi connectivity index (χ0) is 16.2. The largest absolute Gasteiger partial charge is 0.416 e. The van der Waals surface area contributed by atoms with Gasteiger partial charge in [-0.3, -0.25) is 4.79 Å². The van der Waals surface area contributed by atoms with E-state index in [4.69, 9.17) is 11.0 Å². The fraction of sp³-hybridized carbons (Fsp3) is 0.429. The Hall–Kier alpha value is -2.07. The number of nitrogens with one attached hydrogen (secondary N) is 1. The summed E-state index contributed by atoms with van der Waals surface area (Å²) in [5, 5.41) is 11.3. The van der Waals surface area contributed by atoms with Gasteiger partial charge in [0.1, 0.15) is 6.07 Å². The van der Waals surface area contributed by atoms with Crippen molar-refractivity contribution in [2.24, 2.45) is 11.7 Å². The molecule has 0 fully saturated rings. The number of amides is 1. The van der Waals surface area contributed by atoms with Gasteiger partial charge < -0.3 is 11.1 Å². The third-order valence-corrected chi connectivity index (χ3v) is 3.28. The van der Waals surface area contributed by atoms with Crippen LogP contribution in [0.25, 0.3) is 0 Å². The Labute approximate surface area is 120 Å². The van der Waals surface area contributed by atoms with Crippen LogP contribution in [0.2, 0.25) is 0 Å². The minimum atomic E-state index is -4.54. The Balaban J connectivity index is 3.00. The van der Waals surface area contributed by atoms with Crippen LogP contribution in [0.5, 0.6) is 0 Å². The summed E-state index contributed by atoms with van der Waals surface area (Å²) in [5.74, 6) is -0.606. The maximum absolute atomic E-state index is 12.6. The molecule has 4 nitrogen and oxygen atoms in total. The van der Waals surface area contributed by atoms with Gasteiger partial charge >= 0.3 is 6.18 Å². The highest BCUT2D eigenvalue weighted by atomic mass is 19.4. The second-order valence-electron chi connectivity index (χ2n) is 4.77. The van der Waals surface area contributed by atoms with E-state index in [2.05, 4.69) is 5.32 Å². The summed E-state index contributed by atoms with van der Waals surface area (Å²) in [6.45, 7) is 3.67. The Morgan fingerprint density at radius 3 is 2.57 bits per heavy atom. The number of nitrogens with two attached hydrogens (primary N) is 1. The minimum absolute atomic E-state index is 0.0225. The maximum Gasteiger partial charge on any atom is 0.416 e. The molecule has 2 atom stereocenters. The molecule has 1 amide bonds. The zero-order valence-corrected chi connectivity index (χ0v) is 11.7. The first-order valence-corrected chi connectivity index (χ1v) is 6.38. The predicted molar refractivity (Wildman–Crippen MR) is 72.2 cm³/mol. The zero-order valence-electron chi connectivity index (χ0n) is 11.7. The number of hydrogen-bond acceptors (Lipinski definition) is 3. The van der Waals surface area contributed by atoms with Crippen molar-refractivity contribution in [2.75, 3.05) is 5.32 Å². The van der Waals surface area contributed by atoms with E-state index in [0.717, 1.165) is 12.1 Å². The lowest BCUT2D eigenvalue weighted by molar-refractivity contribution is -0.137. The summed E-state index contributed by atoms with van der Waals surface area (Å²) in [5.41, 5.74) is 4.56. The molecule has 0 radical (unpaired) electrons. The van der Waals surface area contributed by atoms with Crippen LogP contribution < -0.4 is 11.1 Å². The van der Waals surface area contributed by atoms with Crippen LogP contribution in [0.1, 0.15) is 31.4 Å². The number of benzene rings is 1. The van der Waals surface area contributed by atoms with Crippen LogP contribution in [-0.2, 0) is 11.0 Å². The molecule has 0 aromatic heterocycles. The van der Waals surface area contributed by atoms with Crippen LogP contribution >= 0.6 is 0 Å². The van der Waals surface area contributed by atoms with E-state index in [0.29, 0.717) is 12.5 Å². The van der Waals surface area contributed by atoms with E-state index in [1.165, 1.54) is 0 Å². The quantitative estimate of drug-likeness (QED) is 0.897.